The van der Waals surface area contributed by atoms with Gasteiger partial charge >= 0.3 is 0 Å². The van der Waals surface area contributed by atoms with E-state index in [1.807, 2.05) is 12.1 Å². The molecular weight excluding hydrogens is 420 g/mol. The first-order valence-corrected chi connectivity index (χ1v) is 11.4. The summed E-state index contributed by atoms with van der Waals surface area (Å²) in [5.41, 5.74) is 1.70. The molecule has 2 aromatic carbocycles. The van der Waals surface area contributed by atoms with Crippen LogP contribution >= 0.6 is 0 Å². The first-order chi connectivity index (χ1) is 14.7. The molecule has 0 saturated carbocycles. The maximum Gasteiger partial charge on any atom is 0.254 e. The summed E-state index contributed by atoms with van der Waals surface area (Å²) in [5, 5.41) is 3.96. The number of ether oxygens (including phenoxy) is 1. The first kappa shape index (κ1) is 22.3. The SMILES string of the molecule is CCN(c1ccc(C(=O)N(C)Cc2nc(-c3ccc(OC)cc3)no2)cc1)S(C)(=O)=O. The maximum absolute atomic E-state index is 12.7. The van der Waals surface area contributed by atoms with Gasteiger partial charge in [0.25, 0.3) is 5.91 Å². The third-order valence-electron chi connectivity index (χ3n) is 4.63. The van der Waals surface area contributed by atoms with Gasteiger partial charge in [0.2, 0.25) is 21.7 Å². The number of amides is 1. The molecule has 1 amide bonds. The standard InChI is InChI=1S/C21H24N4O5S/c1-5-25(31(4,27)28)17-10-6-16(7-11-17)21(26)24(2)14-19-22-20(23-30-19)15-8-12-18(29-3)13-9-15/h6-13H,5,14H2,1-4H3. The van der Waals surface area contributed by atoms with Crippen LogP contribution in [0.5, 0.6) is 5.75 Å². The predicted molar refractivity (Wildman–Crippen MR) is 116 cm³/mol. The van der Waals surface area contributed by atoms with Crippen LogP contribution in [0.25, 0.3) is 11.4 Å². The number of carbonyl (C=O) groups is 1. The third-order valence-corrected chi connectivity index (χ3v) is 5.89. The summed E-state index contributed by atoms with van der Waals surface area (Å²) in [6.45, 7) is 2.19. The van der Waals surface area contributed by atoms with Crippen LogP contribution in [-0.4, -0.2) is 56.3 Å². The van der Waals surface area contributed by atoms with Crippen molar-refractivity contribution in [2.75, 3.05) is 31.3 Å². The number of methoxy groups -OCH3 is 1. The highest BCUT2D eigenvalue weighted by molar-refractivity contribution is 7.92. The number of benzene rings is 2. The van der Waals surface area contributed by atoms with E-state index < -0.39 is 10.0 Å². The summed E-state index contributed by atoms with van der Waals surface area (Å²) in [4.78, 5) is 18.5. The number of rotatable bonds is 8. The Hall–Kier alpha value is -3.40. The second-order valence-corrected chi connectivity index (χ2v) is 8.78. The molecule has 10 heteroatoms. The number of anilines is 1. The van der Waals surface area contributed by atoms with Crippen LogP contribution < -0.4 is 9.04 Å². The van der Waals surface area contributed by atoms with Crippen molar-refractivity contribution in [3.63, 3.8) is 0 Å². The number of carbonyl (C=O) groups excluding carboxylic acids is 1. The van der Waals surface area contributed by atoms with Gasteiger partial charge in [-0.15, -0.1) is 0 Å². The van der Waals surface area contributed by atoms with Crippen LogP contribution in [0.2, 0.25) is 0 Å². The molecule has 3 rings (SSSR count). The largest absolute Gasteiger partial charge is 0.497 e. The van der Waals surface area contributed by atoms with Gasteiger partial charge in [-0.25, -0.2) is 8.42 Å². The first-order valence-electron chi connectivity index (χ1n) is 9.53. The summed E-state index contributed by atoms with van der Waals surface area (Å²) >= 11 is 0. The van der Waals surface area contributed by atoms with Gasteiger partial charge in [0.1, 0.15) is 5.75 Å². The van der Waals surface area contributed by atoms with Crippen molar-refractivity contribution in [1.29, 1.82) is 0 Å². The molecule has 31 heavy (non-hydrogen) atoms. The normalized spacial score (nSPS) is 11.2. The zero-order chi connectivity index (χ0) is 22.6. The fourth-order valence-electron chi connectivity index (χ4n) is 3.05. The summed E-state index contributed by atoms with van der Waals surface area (Å²) in [6, 6.07) is 13.7. The number of nitrogens with zero attached hydrogens (tertiary/aromatic N) is 4. The lowest BCUT2D eigenvalue weighted by Gasteiger charge is -2.21. The molecule has 0 atom stereocenters. The summed E-state index contributed by atoms with van der Waals surface area (Å²) in [7, 11) is -0.161. The van der Waals surface area contributed by atoms with E-state index >= 15 is 0 Å². The van der Waals surface area contributed by atoms with Crippen LogP contribution in [-0.2, 0) is 16.6 Å². The Bertz CT molecular complexity index is 1140. The highest BCUT2D eigenvalue weighted by Crippen LogP contribution is 2.21. The molecule has 0 aliphatic rings. The fraction of sp³-hybridized carbons (Fsp3) is 0.286. The molecule has 164 valence electrons. The molecule has 9 nitrogen and oxygen atoms in total. The molecule has 0 saturated heterocycles. The van der Waals surface area contributed by atoms with E-state index in [0.29, 0.717) is 29.5 Å². The van der Waals surface area contributed by atoms with Crippen molar-refractivity contribution >= 4 is 21.6 Å². The number of hydrogen-bond donors (Lipinski definition) is 0. The van der Waals surface area contributed by atoms with Crippen molar-refractivity contribution in [3.8, 4) is 17.1 Å². The van der Waals surface area contributed by atoms with E-state index in [9.17, 15) is 13.2 Å². The number of hydrogen-bond acceptors (Lipinski definition) is 7. The molecule has 0 aliphatic carbocycles. The lowest BCUT2D eigenvalue weighted by Crippen LogP contribution is -2.29. The third kappa shape index (κ3) is 5.21. The van der Waals surface area contributed by atoms with E-state index in [2.05, 4.69) is 10.1 Å². The van der Waals surface area contributed by atoms with Gasteiger partial charge in [-0.2, -0.15) is 4.98 Å². The van der Waals surface area contributed by atoms with Crippen molar-refractivity contribution < 1.29 is 22.5 Å². The molecule has 0 spiro atoms. The minimum Gasteiger partial charge on any atom is -0.497 e. The molecule has 0 radical (unpaired) electrons. The average molecular weight is 445 g/mol. The Balaban J connectivity index is 1.68. The van der Waals surface area contributed by atoms with E-state index in [1.54, 1.807) is 57.5 Å². The Morgan fingerprint density at radius 2 is 1.74 bits per heavy atom. The molecule has 0 fully saturated rings. The summed E-state index contributed by atoms with van der Waals surface area (Å²) < 4.78 is 35.4. The van der Waals surface area contributed by atoms with Gasteiger partial charge in [0.15, 0.2) is 0 Å². The Labute approximate surface area is 181 Å². The maximum atomic E-state index is 12.7. The van der Waals surface area contributed by atoms with Gasteiger partial charge in [-0.1, -0.05) is 5.16 Å². The van der Waals surface area contributed by atoms with Gasteiger partial charge in [0, 0.05) is 24.7 Å². The lowest BCUT2D eigenvalue weighted by atomic mass is 10.2. The summed E-state index contributed by atoms with van der Waals surface area (Å²) in [5.74, 6) is 1.19. The molecule has 0 N–H and O–H groups in total. The molecule has 0 unspecified atom stereocenters. The zero-order valence-corrected chi connectivity index (χ0v) is 18.6. The van der Waals surface area contributed by atoms with Crippen molar-refractivity contribution in [2.24, 2.45) is 0 Å². The monoisotopic (exact) mass is 444 g/mol. The van der Waals surface area contributed by atoms with Gasteiger partial charge in [-0.05, 0) is 55.5 Å². The second-order valence-electron chi connectivity index (χ2n) is 6.88. The van der Waals surface area contributed by atoms with Gasteiger partial charge in [0.05, 0.1) is 25.6 Å². The Kier molecular flexibility index (Phi) is 6.59. The smallest absolute Gasteiger partial charge is 0.254 e. The van der Waals surface area contributed by atoms with E-state index in [4.69, 9.17) is 9.26 Å². The van der Waals surface area contributed by atoms with Crippen LogP contribution in [0, 0.1) is 0 Å². The quantitative estimate of drug-likeness (QED) is 0.526. The van der Waals surface area contributed by atoms with Crippen molar-refractivity contribution in [2.45, 2.75) is 13.5 Å². The number of aromatic nitrogens is 2. The predicted octanol–water partition coefficient (Wildman–Crippen LogP) is 2.80. The van der Waals surface area contributed by atoms with Crippen LogP contribution in [0.3, 0.4) is 0 Å². The molecule has 0 aliphatic heterocycles. The fourth-order valence-corrected chi connectivity index (χ4v) is 4.02. The van der Waals surface area contributed by atoms with E-state index in [0.717, 1.165) is 17.6 Å². The molecule has 3 aromatic rings. The minimum absolute atomic E-state index is 0.133. The van der Waals surface area contributed by atoms with Crippen LogP contribution in [0.4, 0.5) is 5.69 Å². The topological polar surface area (TPSA) is 106 Å². The van der Waals surface area contributed by atoms with Crippen molar-refractivity contribution in [1.82, 2.24) is 15.0 Å². The van der Waals surface area contributed by atoms with Crippen LogP contribution in [0.1, 0.15) is 23.2 Å². The molecule has 1 heterocycles. The highest BCUT2D eigenvalue weighted by atomic mass is 32.2. The molecular formula is C21H24N4O5S. The average Bonchev–Trinajstić information content (AvgIpc) is 3.21. The summed E-state index contributed by atoms with van der Waals surface area (Å²) in [6.07, 6.45) is 1.15. The van der Waals surface area contributed by atoms with Crippen molar-refractivity contribution in [3.05, 3.63) is 60.0 Å². The lowest BCUT2D eigenvalue weighted by molar-refractivity contribution is 0.0769. The Morgan fingerprint density at radius 1 is 1.10 bits per heavy atom. The minimum atomic E-state index is -3.38. The highest BCUT2D eigenvalue weighted by Gasteiger charge is 2.19. The molecule has 1 aromatic heterocycles. The van der Waals surface area contributed by atoms with E-state index in [1.165, 1.54) is 9.21 Å². The molecule has 0 bridgehead atoms. The van der Waals surface area contributed by atoms with Gasteiger partial charge < -0.3 is 14.2 Å². The number of sulfonamides is 1. The van der Waals surface area contributed by atoms with E-state index in [-0.39, 0.29) is 12.5 Å². The van der Waals surface area contributed by atoms with Gasteiger partial charge in [-0.3, -0.25) is 9.10 Å². The van der Waals surface area contributed by atoms with Crippen LogP contribution in [0.15, 0.2) is 53.1 Å². The zero-order valence-electron chi connectivity index (χ0n) is 17.8. The second kappa shape index (κ2) is 9.17. The Morgan fingerprint density at radius 3 is 2.29 bits per heavy atom.